The summed E-state index contributed by atoms with van der Waals surface area (Å²) in [6.45, 7) is 9.48. The van der Waals surface area contributed by atoms with Crippen LogP contribution in [0.2, 0.25) is 0 Å². The molecule has 0 aliphatic carbocycles. The lowest BCUT2D eigenvalue weighted by atomic mass is 10.4. The van der Waals surface area contributed by atoms with E-state index in [9.17, 15) is 28.4 Å². The first-order chi connectivity index (χ1) is 29.4. The summed E-state index contributed by atoms with van der Waals surface area (Å²) in [7, 11) is -8.41. The van der Waals surface area contributed by atoms with E-state index in [-0.39, 0.29) is 26.4 Å². The second-order valence-corrected chi connectivity index (χ2v) is 17.3. The number of imidazole rings is 2. The fraction of sp³-hybridized carbons (Fsp3) is 0.606. The van der Waals surface area contributed by atoms with E-state index in [1.165, 1.54) is 25.3 Å². The third kappa shape index (κ3) is 16.5. The Morgan fingerprint density at radius 1 is 0.661 bits per heavy atom. The number of nitrogens with one attached hydrogen (secondary N) is 2. The lowest BCUT2D eigenvalue weighted by molar-refractivity contribution is -0.0370. The van der Waals surface area contributed by atoms with Gasteiger partial charge in [-0.1, -0.05) is 0 Å². The maximum absolute atomic E-state index is 13.5. The summed E-state index contributed by atoms with van der Waals surface area (Å²) in [6.07, 6.45) is -0.727. The molecule has 4 aromatic heterocycles. The normalized spacial score (nSPS) is 13.3. The molecule has 344 valence electrons. The van der Waals surface area contributed by atoms with E-state index in [4.69, 9.17) is 46.7 Å². The third-order valence-electron chi connectivity index (χ3n) is 7.30. The lowest BCUT2D eigenvalue weighted by Crippen LogP contribution is -2.20. The van der Waals surface area contributed by atoms with Gasteiger partial charge in [-0.15, -0.1) is 0 Å². The molecule has 0 aliphatic rings. The van der Waals surface area contributed by atoms with Gasteiger partial charge in [0.05, 0.1) is 56.9 Å². The second kappa shape index (κ2) is 23.8. The fourth-order valence-corrected chi connectivity index (χ4v) is 6.45. The van der Waals surface area contributed by atoms with Crippen molar-refractivity contribution in [2.24, 2.45) is 0 Å². The second-order valence-electron chi connectivity index (χ2n) is 13.5. The Labute approximate surface area is 354 Å². The van der Waals surface area contributed by atoms with Gasteiger partial charge >= 0.3 is 33.7 Å². The topological polar surface area (TPSA) is 318 Å². The van der Waals surface area contributed by atoms with Crippen LogP contribution in [0, 0.1) is 0 Å². The number of nitrogens with zero attached hydrogens (tertiary/aromatic N) is 8. The highest BCUT2D eigenvalue weighted by Gasteiger charge is 2.29. The molecule has 62 heavy (non-hydrogen) atoms. The van der Waals surface area contributed by atoms with E-state index in [1.807, 2.05) is 0 Å². The van der Waals surface area contributed by atoms with Gasteiger partial charge < -0.3 is 62.6 Å². The molecule has 0 spiro atoms. The molecule has 0 saturated carbocycles. The molecule has 1 unspecified atom stereocenters. The first-order valence-electron chi connectivity index (χ1n) is 18.8. The highest BCUT2D eigenvalue weighted by Crippen LogP contribution is 2.48. The summed E-state index contributed by atoms with van der Waals surface area (Å²) in [5, 5.41) is 6.27. The number of fused-ring (bicyclic) bond motifs is 2. The van der Waals surface area contributed by atoms with Crippen LogP contribution in [-0.2, 0) is 73.7 Å². The Hall–Kier alpha value is -5.27. The van der Waals surface area contributed by atoms with Crippen LogP contribution in [0.1, 0.15) is 48.5 Å². The van der Waals surface area contributed by atoms with E-state index in [0.717, 1.165) is 0 Å². The minimum atomic E-state index is -4.22. The Kier molecular flexibility index (Phi) is 19.0. The predicted molar refractivity (Wildman–Crippen MR) is 212 cm³/mol. The summed E-state index contributed by atoms with van der Waals surface area (Å²) in [6, 6.07) is 0. The molecule has 2 atom stereocenters. The van der Waals surface area contributed by atoms with Crippen molar-refractivity contribution < 1.29 is 79.9 Å². The van der Waals surface area contributed by atoms with Crippen LogP contribution in [0.3, 0.4) is 0 Å². The largest absolute Gasteiger partial charge is 0.510 e. The average Bonchev–Trinajstić information content (AvgIpc) is 3.79. The number of rotatable bonds is 26. The summed E-state index contributed by atoms with van der Waals surface area (Å²) < 4.78 is 83.9. The molecule has 0 radical (unpaired) electrons. The zero-order chi connectivity index (χ0) is 45.3. The average molecular weight is 921 g/mol. The molecule has 3 N–H and O–H groups in total. The Morgan fingerprint density at radius 2 is 1.13 bits per heavy atom. The number of ether oxygens (including phenoxy) is 8. The standard InChI is InChI=1S/C33H50N10O17P2/c1-21(2)58-31(44)51-16-55-61(47,48)19-50-9-8-42-14-40-25-27(36-12-38-29(25)42)34-11-35-28-26-30(39-13-37-28)43(15-41-26)10-24(7)54-20-62(49,56-17-52-32(45)59-22(3)4)57-18-53-33(46)60-23(5)6/h12-15,21-24H,8-11,16-20H2,1-7H3,(H,47,48)(H,34,36,38)(H,35,37,39)/t24-/m1/s1. The number of aromatic nitrogens is 8. The zero-order valence-electron chi connectivity index (χ0n) is 34.9. The minimum absolute atomic E-state index is 0.00419. The summed E-state index contributed by atoms with van der Waals surface area (Å²) in [4.78, 5) is 70.9. The Balaban J connectivity index is 1.28. The number of hydrogen-bond donors (Lipinski definition) is 3. The van der Waals surface area contributed by atoms with Gasteiger partial charge in [0.15, 0.2) is 22.9 Å². The van der Waals surface area contributed by atoms with Crippen molar-refractivity contribution in [1.82, 2.24) is 39.0 Å². The van der Waals surface area contributed by atoms with Crippen LogP contribution in [0.5, 0.6) is 0 Å². The SMILES string of the molecule is CC(C)OC(=O)OCOP(=O)(O)COCCn1cnc2c(NCNc3ncnc4c3ncn4C[C@@H](C)OCP(=O)(OCOC(=O)OC(C)C)OCOC(=O)OC(C)C)ncnc21. The molecule has 4 rings (SSSR count). The molecule has 0 bridgehead atoms. The van der Waals surface area contributed by atoms with Crippen molar-refractivity contribution in [3.63, 3.8) is 0 Å². The van der Waals surface area contributed by atoms with E-state index in [0.29, 0.717) is 34.0 Å². The number of carbonyl (C=O) groups excluding carboxylic acids is 3. The molecule has 0 aromatic carbocycles. The third-order valence-corrected chi connectivity index (χ3v) is 9.78. The van der Waals surface area contributed by atoms with Crippen LogP contribution in [0.4, 0.5) is 26.0 Å². The van der Waals surface area contributed by atoms with Crippen LogP contribution >= 0.6 is 15.2 Å². The number of hydrogen-bond acceptors (Lipinski definition) is 24. The molecule has 0 fully saturated rings. The van der Waals surface area contributed by atoms with Gasteiger partial charge in [0.1, 0.15) is 36.4 Å². The van der Waals surface area contributed by atoms with Crippen molar-refractivity contribution in [2.75, 3.05) is 57.0 Å². The van der Waals surface area contributed by atoms with Gasteiger partial charge in [0.25, 0.3) is 0 Å². The predicted octanol–water partition coefficient (Wildman–Crippen LogP) is 4.77. The quantitative estimate of drug-likeness (QED) is 0.0251. The van der Waals surface area contributed by atoms with Crippen molar-refractivity contribution in [2.45, 2.75) is 86.0 Å². The fourth-order valence-electron chi connectivity index (χ4n) is 4.71. The van der Waals surface area contributed by atoms with Crippen molar-refractivity contribution in [3.05, 3.63) is 25.3 Å². The summed E-state index contributed by atoms with van der Waals surface area (Å²) >= 11 is 0. The van der Waals surface area contributed by atoms with Crippen molar-refractivity contribution in [3.8, 4) is 0 Å². The summed E-state index contributed by atoms with van der Waals surface area (Å²) in [5.41, 5.74) is 1.76. The maximum atomic E-state index is 13.5. The minimum Gasteiger partial charge on any atom is -0.432 e. The maximum Gasteiger partial charge on any atom is 0.510 e. The molecule has 0 saturated heterocycles. The number of carbonyl (C=O) groups is 3. The van der Waals surface area contributed by atoms with Gasteiger partial charge in [-0.3, -0.25) is 22.7 Å². The molecule has 27 nitrogen and oxygen atoms in total. The van der Waals surface area contributed by atoms with Gasteiger partial charge in [-0.2, -0.15) is 0 Å². The smallest absolute Gasteiger partial charge is 0.432 e. The van der Waals surface area contributed by atoms with Crippen LogP contribution in [0.25, 0.3) is 22.3 Å². The molecule has 29 heteroatoms. The van der Waals surface area contributed by atoms with Gasteiger partial charge in [-0.25, -0.2) is 44.3 Å². The van der Waals surface area contributed by atoms with Gasteiger partial charge in [0, 0.05) is 6.54 Å². The molecular weight excluding hydrogens is 870 g/mol. The molecule has 4 heterocycles. The molecule has 0 aliphatic heterocycles. The first kappa shape index (κ1) is 49.4. The molecule has 0 amide bonds. The van der Waals surface area contributed by atoms with Crippen molar-refractivity contribution in [1.29, 1.82) is 0 Å². The van der Waals surface area contributed by atoms with Crippen LogP contribution < -0.4 is 10.6 Å². The van der Waals surface area contributed by atoms with E-state index < -0.39 is 91.1 Å². The Bertz CT molecular complexity index is 2140. The van der Waals surface area contributed by atoms with Gasteiger partial charge in [-0.05, 0) is 48.5 Å². The monoisotopic (exact) mass is 920 g/mol. The van der Waals surface area contributed by atoms with E-state index in [1.54, 1.807) is 57.6 Å². The Morgan fingerprint density at radius 3 is 1.63 bits per heavy atom. The number of anilines is 2. The van der Waals surface area contributed by atoms with Crippen LogP contribution in [0.15, 0.2) is 25.3 Å². The lowest BCUT2D eigenvalue weighted by Gasteiger charge is -2.21. The van der Waals surface area contributed by atoms with Gasteiger partial charge in [0.2, 0.25) is 20.4 Å². The van der Waals surface area contributed by atoms with E-state index in [2.05, 4.69) is 45.3 Å². The van der Waals surface area contributed by atoms with E-state index >= 15 is 0 Å². The highest BCUT2D eigenvalue weighted by atomic mass is 31.2. The molecule has 4 aromatic rings. The van der Waals surface area contributed by atoms with Crippen LogP contribution in [-0.4, -0.2) is 133 Å². The van der Waals surface area contributed by atoms with Crippen molar-refractivity contribution >= 4 is 67.6 Å². The zero-order valence-corrected chi connectivity index (χ0v) is 36.7. The summed E-state index contributed by atoms with van der Waals surface area (Å²) in [5.74, 6) is 0.774. The first-order valence-corrected chi connectivity index (χ1v) is 22.3. The molecular formula is C33H50N10O17P2. The highest BCUT2D eigenvalue weighted by molar-refractivity contribution is 7.53.